The molecule has 4 heteroatoms. The molecule has 0 atom stereocenters. The molecule has 1 aromatic heterocycles. The van der Waals surface area contributed by atoms with Crippen LogP contribution in [-0.2, 0) is 13.0 Å². The zero-order chi connectivity index (χ0) is 20.5. The van der Waals surface area contributed by atoms with Crippen molar-refractivity contribution >= 4 is 34.2 Å². The third-order valence-electron chi connectivity index (χ3n) is 5.58. The molecule has 0 aliphatic carbocycles. The van der Waals surface area contributed by atoms with Crippen molar-refractivity contribution < 1.29 is 0 Å². The fraction of sp³-hybridized carbons (Fsp3) is 0.480. The molecule has 156 valence electrons. The Morgan fingerprint density at radius 2 is 1.52 bits per heavy atom. The van der Waals surface area contributed by atoms with Gasteiger partial charge in [0.2, 0.25) is 0 Å². The minimum absolute atomic E-state index is 0.671. The summed E-state index contributed by atoms with van der Waals surface area (Å²) in [6, 6.07) is 14.1. The summed E-state index contributed by atoms with van der Waals surface area (Å²) >= 11 is 12.5. The molecule has 0 saturated heterocycles. The molecule has 1 heterocycles. The number of aromatic nitrogens is 2. The third-order valence-corrected chi connectivity index (χ3v) is 6.17. The van der Waals surface area contributed by atoms with E-state index in [1.807, 2.05) is 18.2 Å². The van der Waals surface area contributed by atoms with Crippen LogP contribution < -0.4 is 0 Å². The minimum Gasteiger partial charge on any atom is -0.323 e. The van der Waals surface area contributed by atoms with Crippen molar-refractivity contribution in [2.45, 2.75) is 77.7 Å². The lowest BCUT2D eigenvalue weighted by Gasteiger charge is -2.11. The van der Waals surface area contributed by atoms with E-state index in [1.165, 1.54) is 63.3 Å². The average Bonchev–Trinajstić information content (AvgIpc) is 3.06. The van der Waals surface area contributed by atoms with Gasteiger partial charge in [-0.2, -0.15) is 0 Å². The molecule has 0 N–H and O–H groups in total. The van der Waals surface area contributed by atoms with Crippen LogP contribution in [0.4, 0.5) is 0 Å². The fourth-order valence-electron chi connectivity index (χ4n) is 3.91. The van der Waals surface area contributed by atoms with Gasteiger partial charge in [0.05, 0.1) is 17.6 Å². The van der Waals surface area contributed by atoms with E-state index in [0.717, 1.165) is 29.9 Å². The maximum Gasteiger partial charge on any atom is 0.110 e. The molecule has 0 radical (unpaired) electrons. The molecule has 2 aromatic carbocycles. The lowest BCUT2D eigenvalue weighted by atomic mass is 10.1. The lowest BCUT2D eigenvalue weighted by Crippen LogP contribution is -2.06. The van der Waals surface area contributed by atoms with Crippen LogP contribution in [0.25, 0.3) is 11.0 Å². The quantitative estimate of drug-likeness (QED) is 0.263. The van der Waals surface area contributed by atoms with Crippen LogP contribution in [-0.4, -0.2) is 9.55 Å². The van der Waals surface area contributed by atoms with E-state index in [1.54, 1.807) is 0 Å². The minimum atomic E-state index is 0.671. The number of halogens is 2. The highest BCUT2D eigenvalue weighted by atomic mass is 35.5. The average molecular weight is 431 g/mol. The maximum absolute atomic E-state index is 6.44. The number of imidazole rings is 1. The Labute approximate surface area is 185 Å². The van der Waals surface area contributed by atoms with Gasteiger partial charge < -0.3 is 4.57 Å². The first-order chi connectivity index (χ1) is 14.2. The van der Waals surface area contributed by atoms with Gasteiger partial charge >= 0.3 is 0 Å². The molecule has 0 saturated carbocycles. The van der Waals surface area contributed by atoms with Crippen LogP contribution in [0.3, 0.4) is 0 Å². The van der Waals surface area contributed by atoms with Gasteiger partial charge in [0.15, 0.2) is 0 Å². The van der Waals surface area contributed by atoms with Gasteiger partial charge in [-0.05, 0) is 36.2 Å². The zero-order valence-corrected chi connectivity index (χ0v) is 19.0. The van der Waals surface area contributed by atoms with E-state index >= 15 is 0 Å². The highest BCUT2D eigenvalue weighted by Crippen LogP contribution is 2.25. The monoisotopic (exact) mass is 430 g/mol. The molecule has 29 heavy (non-hydrogen) atoms. The Bertz CT molecular complexity index is 901. The Kier molecular flexibility index (Phi) is 8.89. The van der Waals surface area contributed by atoms with Gasteiger partial charge in [0.25, 0.3) is 0 Å². The predicted octanol–water partition coefficient (Wildman–Crippen LogP) is 8.46. The highest BCUT2D eigenvalue weighted by molar-refractivity contribution is 6.35. The van der Waals surface area contributed by atoms with Crippen molar-refractivity contribution in [2.75, 3.05) is 0 Å². The summed E-state index contributed by atoms with van der Waals surface area (Å²) in [5.41, 5.74) is 3.31. The number of fused-ring (bicyclic) bond motifs is 1. The van der Waals surface area contributed by atoms with Gasteiger partial charge in [0, 0.05) is 16.5 Å². The number of aryl methyl sites for hydroxylation is 1. The molecule has 0 amide bonds. The zero-order valence-electron chi connectivity index (χ0n) is 17.5. The number of hydrogen-bond donors (Lipinski definition) is 0. The third kappa shape index (κ3) is 6.49. The number of rotatable bonds is 12. The predicted molar refractivity (Wildman–Crippen MR) is 126 cm³/mol. The number of benzene rings is 2. The number of nitrogens with zero attached hydrogens (tertiary/aromatic N) is 2. The van der Waals surface area contributed by atoms with Crippen LogP contribution in [0.15, 0.2) is 42.5 Å². The summed E-state index contributed by atoms with van der Waals surface area (Å²) in [6.45, 7) is 3.00. The molecular formula is C25H32Cl2N2. The standard InChI is InChI=1S/C25H32Cl2N2/c1-2-3-4-5-6-7-8-9-10-15-25-28-23-13-11-12-14-24(23)29(25)19-20-16-17-21(26)18-22(20)27/h11-14,16-18H,2-10,15,19H2,1H3. The summed E-state index contributed by atoms with van der Waals surface area (Å²) in [5.74, 6) is 1.15. The summed E-state index contributed by atoms with van der Waals surface area (Å²) in [6.07, 6.45) is 13.0. The van der Waals surface area contributed by atoms with E-state index in [4.69, 9.17) is 28.2 Å². The van der Waals surface area contributed by atoms with Crippen LogP contribution in [0.5, 0.6) is 0 Å². The smallest absolute Gasteiger partial charge is 0.110 e. The van der Waals surface area contributed by atoms with E-state index < -0.39 is 0 Å². The van der Waals surface area contributed by atoms with Gasteiger partial charge in [-0.1, -0.05) is 99.7 Å². The molecule has 0 aliphatic rings. The van der Waals surface area contributed by atoms with Crippen LogP contribution in [0.2, 0.25) is 10.0 Å². The lowest BCUT2D eigenvalue weighted by molar-refractivity contribution is 0.559. The second-order valence-corrected chi connectivity index (χ2v) is 8.76. The Balaban J connectivity index is 1.60. The summed E-state index contributed by atoms with van der Waals surface area (Å²) in [4.78, 5) is 4.92. The summed E-state index contributed by atoms with van der Waals surface area (Å²) in [7, 11) is 0. The molecule has 0 spiro atoms. The Morgan fingerprint density at radius 3 is 2.24 bits per heavy atom. The van der Waals surface area contributed by atoms with Crippen LogP contribution in [0.1, 0.15) is 76.1 Å². The van der Waals surface area contributed by atoms with Crippen LogP contribution in [0, 0.1) is 0 Å². The van der Waals surface area contributed by atoms with Gasteiger partial charge in [-0.15, -0.1) is 0 Å². The molecule has 0 bridgehead atoms. The van der Waals surface area contributed by atoms with Crippen molar-refractivity contribution in [3.63, 3.8) is 0 Å². The number of hydrogen-bond acceptors (Lipinski definition) is 1. The molecular weight excluding hydrogens is 399 g/mol. The van der Waals surface area contributed by atoms with E-state index in [0.29, 0.717) is 10.0 Å². The first-order valence-electron chi connectivity index (χ1n) is 11.1. The largest absolute Gasteiger partial charge is 0.323 e. The fourth-order valence-corrected chi connectivity index (χ4v) is 4.37. The number of para-hydroxylation sites is 2. The number of unbranched alkanes of at least 4 members (excludes halogenated alkanes) is 8. The topological polar surface area (TPSA) is 17.8 Å². The Morgan fingerprint density at radius 1 is 0.828 bits per heavy atom. The van der Waals surface area contributed by atoms with E-state index in [9.17, 15) is 0 Å². The Hall–Kier alpha value is -1.51. The first kappa shape index (κ1) is 22.2. The molecule has 0 unspecified atom stereocenters. The van der Waals surface area contributed by atoms with Crippen molar-refractivity contribution in [2.24, 2.45) is 0 Å². The van der Waals surface area contributed by atoms with Gasteiger partial charge in [0.1, 0.15) is 5.82 Å². The molecule has 2 nitrogen and oxygen atoms in total. The van der Waals surface area contributed by atoms with E-state index in [-0.39, 0.29) is 0 Å². The van der Waals surface area contributed by atoms with Crippen molar-refractivity contribution in [1.29, 1.82) is 0 Å². The molecule has 0 aliphatic heterocycles. The van der Waals surface area contributed by atoms with Crippen LogP contribution >= 0.6 is 23.2 Å². The summed E-state index contributed by atoms with van der Waals surface area (Å²) < 4.78 is 2.31. The summed E-state index contributed by atoms with van der Waals surface area (Å²) in [5, 5.41) is 1.38. The molecule has 0 fully saturated rings. The van der Waals surface area contributed by atoms with E-state index in [2.05, 4.69) is 35.8 Å². The van der Waals surface area contributed by atoms with Crippen molar-refractivity contribution in [3.05, 3.63) is 63.9 Å². The first-order valence-corrected chi connectivity index (χ1v) is 11.8. The van der Waals surface area contributed by atoms with Crippen molar-refractivity contribution in [3.8, 4) is 0 Å². The maximum atomic E-state index is 6.44. The second kappa shape index (κ2) is 11.6. The molecule has 3 rings (SSSR count). The van der Waals surface area contributed by atoms with Gasteiger partial charge in [-0.25, -0.2) is 4.98 Å². The normalized spacial score (nSPS) is 11.4. The van der Waals surface area contributed by atoms with Gasteiger partial charge in [-0.3, -0.25) is 0 Å². The second-order valence-electron chi connectivity index (χ2n) is 7.92. The van der Waals surface area contributed by atoms with Crippen molar-refractivity contribution in [1.82, 2.24) is 9.55 Å². The molecule has 3 aromatic rings. The SMILES string of the molecule is CCCCCCCCCCCc1nc2ccccc2n1Cc1ccc(Cl)cc1Cl. The highest BCUT2D eigenvalue weighted by Gasteiger charge is 2.12.